The highest BCUT2D eigenvalue weighted by molar-refractivity contribution is 7.92. The van der Waals surface area contributed by atoms with Gasteiger partial charge in [-0.2, -0.15) is 28.5 Å². The number of halogens is 3. The highest BCUT2D eigenvalue weighted by Crippen LogP contribution is 2.45. The van der Waals surface area contributed by atoms with Gasteiger partial charge in [-0.3, -0.25) is 38.1 Å². The molecule has 0 spiro atoms. The highest BCUT2D eigenvalue weighted by atomic mass is 32.2. The number of hydrogen-bond acceptors (Lipinski definition) is 24. The summed E-state index contributed by atoms with van der Waals surface area (Å²) < 4.78 is 155. The van der Waals surface area contributed by atoms with E-state index in [1.54, 1.807) is 107 Å². The molecule has 0 saturated carbocycles. The van der Waals surface area contributed by atoms with E-state index in [-0.39, 0.29) is 79.2 Å². The molecule has 142 heavy (non-hydrogen) atoms. The van der Waals surface area contributed by atoms with Gasteiger partial charge in [0.2, 0.25) is 30.1 Å². The Morgan fingerprint density at radius 1 is 0.451 bits per heavy atom. The molecule has 0 radical (unpaired) electrons. The van der Waals surface area contributed by atoms with E-state index in [0.29, 0.717) is 62.6 Å². The van der Waals surface area contributed by atoms with Crippen LogP contribution >= 0.6 is 0 Å². The number of nitrogens with one attached hydrogen (secondary N) is 7. The normalized spacial score (nSPS) is 13.5. The Morgan fingerprint density at radius 2 is 0.796 bits per heavy atom. The average molecular weight is 2000 g/mol. The largest absolute Gasteiger partial charge is 0.492 e. The minimum Gasteiger partial charge on any atom is -0.492 e. The number of aromatic nitrogens is 15. The van der Waals surface area contributed by atoms with Crippen molar-refractivity contribution in [3.63, 3.8) is 0 Å². The van der Waals surface area contributed by atoms with Crippen LogP contribution in [0.5, 0.6) is 17.2 Å². The van der Waals surface area contributed by atoms with Gasteiger partial charge in [0.05, 0.1) is 170 Å². The number of aryl methyl sites for hydroxylation is 3. The monoisotopic (exact) mass is 2000 g/mol. The summed E-state index contributed by atoms with van der Waals surface area (Å²) in [4.78, 5) is 43.3. The molecule has 0 aliphatic carbocycles. The van der Waals surface area contributed by atoms with E-state index in [0.717, 1.165) is 151 Å². The van der Waals surface area contributed by atoms with E-state index in [9.17, 15) is 52.8 Å². The van der Waals surface area contributed by atoms with Gasteiger partial charge in [-0.05, 0) is 200 Å². The van der Waals surface area contributed by atoms with Gasteiger partial charge < -0.3 is 40.2 Å². The molecule has 2 aliphatic heterocycles. The Bertz CT molecular complexity index is 7370. The van der Waals surface area contributed by atoms with Crippen LogP contribution in [0.15, 0.2) is 189 Å². The fourth-order valence-electron chi connectivity index (χ4n) is 16.4. The van der Waals surface area contributed by atoms with E-state index < -0.39 is 59.2 Å². The summed E-state index contributed by atoms with van der Waals surface area (Å²) in [5.41, 5.74) is 13.2. The quantitative estimate of drug-likeness (QED) is 0.0251. The summed E-state index contributed by atoms with van der Waals surface area (Å²) >= 11 is 0. The molecule has 8 aromatic carbocycles. The highest BCUT2D eigenvalue weighted by Gasteiger charge is 2.41. The predicted octanol–water partition coefficient (Wildman–Crippen LogP) is 16.2. The van der Waals surface area contributed by atoms with Crippen molar-refractivity contribution in [1.82, 2.24) is 84.5 Å². The molecule has 42 heteroatoms. The van der Waals surface area contributed by atoms with Crippen LogP contribution in [0, 0.1) is 27.7 Å². The summed E-state index contributed by atoms with van der Waals surface area (Å²) in [5, 5.41) is 51.4. The molecular weight excluding hydrogens is 1880 g/mol. The molecule has 8 heterocycles. The molecule has 0 bridgehead atoms. The van der Waals surface area contributed by atoms with E-state index in [4.69, 9.17) is 24.0 Å². The lowest BCUT2D eigenvalue weighted by atomic mass is 9.86. The number of sulfonamides is 3. The average Bonchev–Trinajstić information content (AvgIpc) is 1.65. The molecular formula is C100H116F3N23O13S3. The first-order valence-corrected chi connectivity index (χ1v) is 51.2. The maximum atomic E-state index is 14.3. The first kappa shape index (κ1) is 103. The lowest BCUT2D eigenvalue weighted by Gasteiger charge is -2.26. The summed E-state index contributed by atoms with van der Waals surface area (Å²) in [6.45, 7) is 31.6. The number of morpholine rings is 1. The van der Waals surface area contributed by atoms with Crippen molar-refractivity contribution in [3.05, 3.63) is 256 Å². The number of carbonyl (C=O) groups excluding carboxylic acids is 3. The molecule has 36 nitrogen and oxygen atoms in total. The molecule has 3 amide bonds. The number of rotatable bonds is 27. The van der Waals surface area contributed by atoms with Gasteiger partial charge in [0.15, 0.2) is 22.9 Å². The maximum absolute atomic E-state index is 14.3. The minimum absolute atomic E-state index is 0.0663. The van der Waals surface area contributed by atoms with Crippen LogP contribution in [0.1, 0.15) is 163 Å². The van der Waals surface area contributed by atoms with Crippen LogP contribution in [0.25, 0.3) is 62.2 Å². The third-order valence-corrected chi connectivity index (χ3v) is 25.7. The summed E-state index contributed by atoms with van der Waals surface area (Å²) in [6, 6.07) is 44.2. The van der Waals surface area contributed by atoms with Gasteiger partial charge in [0.1, 0.15) is 17.1 Å². The lowest BCUT2D eigenvalue weighted by Crippen LogP contribution is -2.37. The van der Waals surface area contributed by atoms with Gasteiger partial charge >= 0.3 is 6.18 Å². The van der Waals surface area contributed by atoms with Crippen LogP contribution < -0.4 is 49.6 Å². The topological polar surface area (TPSA) is 424 Å². The van der Waals surface area contributed by atoms with E-state index >= 15 is 0 Å². The third-order valence-electron chi connectivity index (χ3n) is 23.9. The fraction of sp³-hybridized carbons (Fsp3) is 0.340. The smallest absolute Gasteiger partial charge is 0.434 e. The zero-order chi connectivity index (χ0) is 102. The van der Waals surface area contributed by atoms with Gasteiger partial charge in [-0.25, -0.2) is 48.7 Å². The summed E-state index contributed by atoms with van der Waals surface area (Å²) in [6.07, 6.45) is 11.0. The molecule has 2 aliphatic rings. The fourth-order valence-corrected chi connectivity index (χ4v) is 18.1. The standard InChI is InChI=1S/C37H44N8O5S.C32H32F3N7O4S.C31H40N8O4S/c1-25-12-13-26(36(46)39-30-21-27(37(2,3)4)22-31(35(30)49-5)41-51(6,47)48)20-34(25)44-24-32(40-42-44)29-23-38-45(28-10-8-7-9-11-28)33(29)14-15-43-16-18-50-19-17-43;1-19-12-13-20(30(43)37-24-15-21(31(2,3)4)16-25(28(24)46-5)39-47(6,44)45)14-27(19)41-18-26(38-40-41)23-17-36-42(29(23)32(33,34)35)22-10-8-7-9-11-22;1-19-8-9-21(30(40)34-25-15-22(31(3,4)5)16-26(29(25)43-6)36-44(7,41)42)14-28(19)38-18-27(35-37-38)24-17-33-39(20(24)2)23-10-12-32-13-11-23/h7-13,20-24,41H,14-19H2,1-6H3,(H,39,46);7-18,39H,1-6H3,(H,37,43);8-9,14-18,23,32,36H,10-13H2,1-7H3,(H,34,40). The number of anilines is 6. The van der Waals surface area contributed by atoms with Crippen molar-refractivity contribution in [2.75, 3.05) is 116 Å². The Labute approximate surface area is 822 Å². The number of methoxy groups -OCH3 is 3. The molecule has 16 rings (SSSR count). The number of para-hydroxylation sites is 2. The molecule has 0 atom stereocenters. The van der Waals surface area contributed by atoms with Gasteiger partial charge in [0, 0.05) is 59.6 Å². The molecule has 2 fully saturated rings. The summed E-state index contributed by atoms with van der Waals surface area (Å²) in [5.74, 6) is -0.812. The van der Waals surface area contributed by atoms with Crippen molar-refractivity contribution >= 4 is 81.9 Å². The van der Waals surface area contributed by atoms with Crippen LogP contribution in [-0.4, -0.2) is 208 Å². The SMILES string of the molecule is COc1c(NC(=O)c2ccc(C)c(-n3cc(-c4cnn(-c5ccccc5)c4C(F)(F)F)nn3)c2)cc(C(C)(C)C)cc1NS(C)(=O)=O.COc1c(NC(=O)c2ccc(C)c(-n3cc(-c4cnn(-c5ccccc5)c4CCN4CCOCC4)nn3)c2)cc(C(C)(C)C)cc1NS(C)(=O)=O.COc1c(NC(=O)c2ccc(C)c(-n3cc(-c4cnn(C5CCNCC5)c4C)nn3)c2)cc(C(C)(C)C)cc1NS(C)(=O)=O. The van der Waals surface area contributed by atoms with Crippen molar-refractivity contribution in [1.29, 1.82) is 0 Å². The van der Waals surface area contributed by atoms with Crippen LogP contribution in [0.3, 0.4) is 0 Å². The Balaban J connectivity index is 0.000000170. The first-order chi connectivity index (χ1) is 67.0. The Kier molecular flexibility index (Phi) is 30.7. The van der Waals surface area contributed by atoms with Crippen LogP contribution in [0.2, 0.25) is 0 Å². The molecule has 0 unspecified atom stereocenters. The minimum atomic E-state index is -4.75. The summed E-state index contributed by atoms with van der Waals surface area (Å²) in [7, 11) is -6.69. The Hall–Kier alpha value is -14.5. The van der Waals surface area contributed by atoms with Crippen molar-refractivity contribution in [2.24, 2.45) is 0 Å². The zero-order valence-electron chi connectivity index (χ0n) is 82.4. The van der Waals surface area contributed by atoms with Gasteiger partial charge in [-0.1, -0.05) is 133 Å². The second-order valence-corrected chi connectivity index (χ2v) is 43.1. The Morgan fingerprint density at radius 3 is 1.16 bits per heavy atom. The second-order valence-electron chi connectivity index (χ2n) is 37.9. The van der Waals surface area contributed by atoms with E-state index in [1.165, 1.54) is 50.4 Å². The predicted molar refractivity (Wildman–Crippen MR) is 541 cm³/mol. The van der Waals surface area contributed by atoms with Gasteiger partial charge in [-0.15, -0.1) is 15.3 Å². The molecule has 7 N–H and O–H groups in total. The number of benzene rings is 8. The van der Waals surface area contributed by atoms with Crippen LogP contribution in [0.4, 0.5) is 47.3 Å². The molecule has 6 aromatic heterocycles. The zero-order valence-corrected chi connectivity index (χ0v) is 84.8. The maximum Gasteiger partial charge on any atom is 0.434 e. The molecule has 748 valence electrons. The van der Waals surface area contributed by atoms with Crippen molar-refractivity contribution in [3.8, 4) is 79.5 Å². The number of amides is 3. The molecule has 14 aromatic rings. The lowest BCUT2D eigenvalue weighted by molar-refractivity contribution is -0.142. The van der Waals surface area contributed by atoms with Gasteiger partial charge in [0.25, 0.3) is 17.7 Å². The van der Waals surface area contributed by atoms with Crippen LogP contribution in [-0.2, 0) is 63.6 Å². The number of ether oxygens (including phenoxy) is 4. The van der Waals surface area contributed by atoms with Crippen molar-refractivity contribution in [2.45, 2.75) is 138 Å². The third kappa shape index (κ3) is 24.7. The first-order valence-electron chi connectivity index (χ1n) is 45.6. The number of nitrogens with zero attached hydrogens (tertiary/aromatic N) is 16. The molecule has 2 saturated heterocycles. The number of alkyl halides is 3. The van der Waals surface area contributed by atoms with E-state index in [2.05, 4.69) is 93.1 Å². The van der Waals surface area contributed by atoms with Crippen molar-refractivity contribution < 1.29 is 71.8 Å². The second kappa shape index (κ2) is 42.1. The number of carbonyl (C=O) groups is 3. The van der Waals surface area contributed by atoms with E-state index in [1.807, 2.05) is 148 Å². The number of piperidine rings is 1. The number of hydrogen-bond donors (Lipinski definition) is 7.